The van der Waals surface area contributed by atoms with E-state index in [1.165, 1.54) is 27.9 Å². The van der Waals surface area contributed by atoms with Gasteiger partial charge in [0.2, 0.25) is 0 Å². The van der Waals surface area contributed by atoms with E-state index in [9.17, 15) is 0 Å². The third-order valence-electron chi connectivity index (χ3n) is 4.03. The number of aryl methyl sites for hydroxylation is 4. The molecule has 0 aromatic heterocycles. The second-order valence-electron chi connectivity index (χ2n) is 5.99. The van der Waals surface area contributed by atoms with E-state index in [1.54, 1.807) is 0 Å². The molecule has 118 valence electrons. The third kappa shape index (κ3) is 3.82. The number of ether oxygens (including phenoxy) is 1. The molecule has 0 amide bonds. The normalized spacial score (nSPS) is 12.0. The molecular formula is C20H27NO. The van der Waals surface area contributed by atoms with Gasteiger partial charge in [0.25, 0.3) is 0 Å². The molecule has 0 heterocycles. The van der Waals surface area contributed by atoms with Crippen molar-refractivity contribution in [1.29, 1.82) is 0 Å². The summed E-state index contributed by atoms with van der Waals surface area (Å²) in [4.78, 5) is 0. The highest BCUT2D eigenvalue weighted by atomic mass is 16.5. The summed E-state index contributed by atoms with van der Waals surface area (Å²) in [7, 11) is 0. The molecule has 0 saturated carbocycles. The van der Waals surface area contributed by atoms with Gasteiger partial charge in [-0.3, -0.25) is 0 Å². The number of benzene rings is 2. The summed E-state index contributed by atoms with van der Waals surface area (Å²) in [6.45, 7) is 11.4. The van der Waals surface area contributed by atoms with Gasteiger partial charge in [0.15, 0.2) is 0 Å². The Balaban J connectivity index is 2.03. The molecule has 0 aliphatic carbocycles. The minimum atomic E-state index is 0.115. The van der Waals surface area contributed by atoms with Crippen LogP contribution in [0.25, 0.3) is 0 Å². The Hall–Kier alpha value is -1.96. The predicted molar refractivity (Wildman–Crippen MR) is 95.1 cm³/mol. The Morgan fingerprint density at radius 2 is 1.55 bits per heavy atom. The summed E-state index contributed by atoms with van der Waals surface area (Å²) in [5, 5.41) is 3.57. The van der Waals surface area contributed by atoms with Gasteiger partial charge in [-0.2, -0.15) is 0 Å². The fourth-order valence-electron chi connectivity index (χ4n) is 2.75. The van der Waals surface area contributed by atoms with Crippen molar-refractivity contribution in [3.63, 3.8) is 0 Å². The highest BCUT2D eigenvalue weighted by Crippen LogP contribution is 2.24. The predicted octanol–water partition coefficient (Wildman–Crippen LogP) is 5.05. The maximum Gasteiger partial charge on any atom is 0.125 e. The van der Waals surface area contributed by atoms with Crippen LogP contribution >= 0.6 is 0 Å². The molecule has 22 heavy (non-hydrogen) atoms. The zero-order valence-corrected chi connectivity index (χ0v) is 14.4. The number of rotatable bonds is 6. The fraction of sp³-hybridized carbons (Fsp3) is 0.400. The van der Waals surface area contributed by atoms with Gasteiger partial charge in [0, 0.05) is 5.69 Å². The topological polar surface area (TPSA) is 21.3 Å². The fourth-order valence-corrected chi connectivity index (χ4v) is 2.75. The van der Waals surface area contributed by atoms with Crippen molar-refractivity contribution in [2.45, 2.75) is 47.1 Å². The van der Waals surface area contributed by atoms with Crippen molar-refractivity contribution < 1.29 is 4.74 Å². The summed E-state index contributed by atoms with van der Waals surface area (Å²) < 4.78 is 6.15. The van der Waals surface area contributed by atoms with E-state index >= 15 is 0 Å². The van der Waals surface area contributed by atoms with Crippen LogP contribution in [0.4, 0.5) is 5.69 Å². The lowest BCUT2D eigenvalue weighted by Gasteiger charge is -2.21. The molecule has 2 nitrogen and oxygen atoms in total. The molecule has 2 aromatic rings. The van der Waals surface area contributed by atoms with Crippen LogP contribution in [0.2, 0.25) is 0 Å². The van der Waals surface area contributed by atoms with Crippen LogP contribution in [0.5, 0.6) is 5.75 Å². The zero-order valence-electron chi connectivity index (χ0n) is 14.4. The van der Waals surface area contributed by atoms with Crippen LogP contribution in [0.15, 0.2) is 36.4 Å². The highest BCUT2D eigenvalue weighted by Gasteiger charge is 2.10. The molecule has 0 bridgehead atoms. The first-order valence-corrected chi connectivity index (χ1v) is 8.08. The average Bonchev–Trinajstić information content (AvgIpc) is 2.49. The Morgan fingerprint density at radius 3 is 2.18 bits per heavy atom. The van der Waals surface area contributed by atoms with Gasteiger partial charge in [-0.15, -0.1) is 0 Å². The van der Waals surface area contributed by atoms with Crippen LogP contribution in [-0.4, -0.2) is 12.6 Å². The molecule has 0 radical (unpaired) electrons. The average molecular weight is 297 g/mol. The molecule has 1 unspecified atom stereocenters. The van der Waals surface area contributed by atoms with Crippen molar-refractivity contribution >= 4 is 5.69 Å². The molecule has 0 spiro atoms. The highest BCUT2D eigenvalue weighted by molar-refractivity contribution is 5.57. The van der Waals surface area contributed by atoms with E-state index in [4.69, 9.17) is 4.74 Å². The van der Waals surface area contributed by atoms with Crippen molar-refractivity contribution in [2.24, 2.45) is 0 Å². The number of nitrogens with one attached hydrogen (secondary N) is 1. The summed E-state index contributed by atoms with van der Waals surface area (Å²) in [5.74, 6) is 1.01. The van der Waals surface area contributed by atoms with Crippen LogP contribution in [0, 0.1) is 20.8 Å². The zero-order chi connectivity index (χ0) is 16.1. The number of anilines is 1. The maximum absolute atomic E-state index is 6.15. The molecule has 0 aliphatic heterocycles. The van der Waals surface area contributed by atoms with E-state index in [0.29, 0.717) is 0 Å². The molecule has 0 aliphatic rings. The lowest BCUT2D eigenvalue weighted by Crippen LogP contribution is -2.24. The Bertz CT molecular complexity index is 613. The summed E-state index contributed by atoms with van der Waals surface area (Å²) in [5.41, 5.74) is 6.29. The minimum Gasteiger partial charge on any atom is -0.488 e. The van der Waals surface area contributed by atoms with Crippen molar-refractivity contribution in [1.82, 2.24) is 0 Å². The largest absolute Gasteiger partial charge is 0.488 e. The first-order chi connectivity index (χ1) is 10.5. The van der Waals surface area contributed by atoms with Gasteiger partial charge in [-0.25, -0.2) is 0 Å². The third-order valence-corrected chi connectivity index (χ3v) is 4.03. The van der Waals surface area contributed by atoms with Gasteiger partial charge in [0.1, 0.15) is 11.9 Å². The first kappa shape index (κ1) is 16.4. The van der Waals surface area contributed by atoms with Crippen LogP contribution in [-0.2, 0) is 6.42 Å². The lowest BCUT2D eigenvalue weighted by atomic mass is 10.1. The van der Waals surface area contributed by atoms with Gasteiger partial charge in [0.05, 0.1) is 6.54 Å². The van der Waals surface area contributed by atoms with E-state index in [1.807, 2.05) is 0 Å². The molecule has 2 heteroatoms. The Labute approximate surface area is 134 Å². The molecule has 1 atom stereocenters. The first-order valence-electron chi connectivity index (χ1n) is 8.08. The molecule has 1 N–H and O–H groups in total. The van der Waals surface area contributed by atoms with E-state index in [-0.39, 0.29) is 6.10 Å². The molecule has 0 fully saturated rings. The van der Waals surface area contributed by atoms with Gasteiger partial charge in [-0.1, -0.05) is 43.3 Å². The SMILES string of the molecule is CCc1cccc(C)c1NCC(C)Oc1c(C)cccc1C. The van der Waals surface area contributed by atoms with Crippen LogP contribution in [0.3, 0.4) is 0 Å². The second kappa shape index (κ2) is 7.35. The smallest absolute Gasteiger partial charge is 0.125 e. The van der Waals surface area contributed by atoms with Crippen LogP contribution in [0.1, 0.15) is 36.1 Å². The van der Waals surface area contributed by atoms with E-state index < -0.39 is 0 Å². The standard InChI is InChI=1S/C20H27NO/c1-6-18-12-8-9-14(2)19(18)21-13-17(5)22-20-15(3)10-7-11-16(20)4/h7-12,17,21H,6,13H2,1-5H3. The van der Waals surface area contributed by atoms with Crippen LogP contribution < -0.4 is 10.1 Å². The Kier molecular flexibility index (Phi) is 5.48. The summed E-state index contributed by atoms with van der Waals surface area (Å²) in [6, 6.07) is 12.7. The van der Waals surface area contributed by atoms with Crippen molar-refractivity contribution in [3.8, 4) is 5.75 Å². The van der Waals surface area contributed by atoms with E-state index in [0.717, 1.165) is 18.7 Å². The number of para-hydroxylation sites is 2. The molecule has 0 saturated heterocycles. The lowest BCUT2D eigenvalue weighted by molar-refractivity contribution is 0.231. The van der Waals surface area contributed by atoms with E-state index in [2.05, 4.69) is 76.3 Å². The van der Waals surface area contributed by atoms with Gasteiger partial charge < -0.3 is 10.1 Å². The van der Waals surface area contributed by atoms with Gasteiger partial charge in [-0.05, 0) is 56.4 Å². The van der Waals surface area contributed by atoms with Crippen molar-refractivity contribution in [2.75, 3.05) is 11.9 Å². The Morgan fingerprint density at radius 1 is 0.955 bits per heavy atom. The molecule has 2 rings (SSSR count). The molecular weight excluding hydrogens is 270 g/mol. The summed E-state index contributed by atoms with van der Waals surface area (Å²) in [6.07, 6.45) is 1.15. The number of hydrogen-bond donors (Lipinski definition) is 1. The summed E-state index contributed by atoms with van der Waals surface area (Å²) >= 11 is 0. The molecule has 2 aromatic carbocycles. The minimum absolute atomic E-state index is 0.115. The quantitative estimate of drug-likeness (QED) is 0.805. The second-order valence-corrected chi connectivity index (χ2v) is 5.99. The number of hydrogen-bond acceptors (Lipinski definition) is 2. The van der Waals surface area contributed by atoms with Crippen molar-refractivity contribution in [3.05, 3.63) is 58.7 Å². The monoisotopic (exact) mass is 297 g/mol. The van der Waals surface area contributed by atoms with Gasteiger partial charge >= 0.3 is 0 Å². The maximum atomic E-state index is 6.15.